The van der Waals surface area contributed by atoms with Gasteiger partial charge in [-0.05, 0) is 25.8 Å². The van der Waals surface area contributed by atoms with Crippen molar-refractivity contribution < 1.29 is 9.59 Å². The molecule has 6 nitrogen and oxygen atoms in total. The molecule has 0 aromatic heterocycles. The maximum absolute atomic E-state index is 12.2. The number of hydrogen-bond acceptors (Lipinski definition) is 3. The first-order valence-electron chi connectivity index (χ1n) is 6.73. The number of carbonyl (C=O) groups is 2. The molecule has 0 radical (unpaired) electrons. The van der Waals surface area contributed by atoms with Crippen molar-refractivity contribution in [3.8, 4) is 0 Å². The molecule has 1 saturated heterocycles. The number of nitrogens with two attached hydrogens (primary N) is 1. The van der Waals surface area contributed by atoms with Gasteiger partial charge in [0.2, 0.25) is 5.91 Å². The van der Waals surface area contributed by atoms with Crippen molar-refractivity contribution in [3.63, 3.8) is 0 Å². The van der Waals surface area contributed by atoms with E-state index in [1.807, 2.05) is 0 Å². The summed E-state index contributed by atoms with van der Waals surface area (Å²) in [5.41, 5.74) is 5.23. The van der Waals surface area contributed by atoms with Crippen molar-refractivity contribution in [2.24, 2.45) is 5.73 Å². The summed E-state index contributed by atoms with van der Waals surface area (Å²) in [4.78, 5) is 24.9. The van der Waals surface area contributed by atoms with Gasteiger partial charge >= 0.3 is 6.03 Å². The van der Waals surface area contributed by atoms with E-state index in [4.69, 9.17) is 5.73 Å². The lowest BCUT2D eigenvalue weighted by molar-refractivity contribution is -0.118. The Morgan fingerprint density at radius 1 is 1.28 bits per heavy atom. The normalized spacial score (nSPS) is 24.1. The molecule has 1 atom stereocenters. The highest BCUT2D eigenvalue weighted by Crippen LogP contribution is 2.18. The third-order valence-corrected chi connectivity index (χ3v) is 3.74. The molecule has 4 N–H and O–H groups in total. The molecule has 6 heteroatoms. The van der Waals surface area contributed by atoms with Crippen molar-refractivity contribution in [2.45, 2.75) is 44.2 Å². The Morgan fingerprint density at radius 3 is 2.56 bits per heavy atom. The first-order valence-corrected chi connectivity index (χ1v) is 6.73. The highest BCUT2D eigenvalue weighted by atomic mass is 16.2. The van der Waals surface area contributed by atoms with Crippen LogP contribution < -0.4 is 16.4 Å². The lowest BCUT2D eigenvalue weighted by atomic mass is 10.2. The van der Waals surface area contributed by atoms with E-state index in [-0.39, 0.29) is 24.7 Å². The highest BCUT2D eigenvalue weighted by molar-refractivity contribution is 5.83. The van der Waals surface area contributed by atoms with E-state index in [0.717, 1.165) is 32.4 Å². The molecule has 0 aromatic carbocycles. The molecule has 2 aliphatic rings. The number of amides is 3. The molecule has 18 heavy (non-hydrogen) atoms. The van der Waals surface area contributed by atoms with Gasteiger partial charge in [-0.2, -0.15) is 0 Å². The first kappa shape index (κ1) is 13.1. The molecule has 1 unspecified atom stereocenters. The molecule has 0 aromatic rings. The fraction of sp³-hybridized carbons (Fsp3) is 0.833. The fourth-order valence-electron chi connectivity index (χ4n) is 2.77. The molecule has 1 saturated carbocycles. The number of urea groups is 1. The van der Waals surface area contributed by atoms with Gasteiger partial charge in [0.25, 0.3) is 0 Å². The van der Waals surface area contributed by atoms with Gasteiger partial charge in [-0.3, -0.25) is 4.79 Å². The van der Waals surface area contributed by atoms with Crippen molar-refractivity contribution in [1.82, 2.24) is 15.5 Å². The molecular formula is C12H22N4O2. The maximum atomic E-state index is 12.2. The second-order valence-corrected chi connectivity index (χ2v) is 5.17. The Kier molecular flexibility index (Phi) is 4.41. The summed E-state index contributed by atoms with van der Waals surface area (Å²) < 4.78 is 0. The number of primary amides is 1. The summed E-state index contributed by atoms with van der Waals surface area (Å²) in [5, 5.41) is 6.21. The van der Waals surface area contributed by atoms with Crippen LogP contribution in [0.2, 0.25) is 0 Å². The number of carbonyl (C=O) groups excluding carboxylic acids is 2. The zero-order chi connectivity index (χ0) is 13.0. The summed E-state index contributed by atoms with van der Waals surface area (Å²) in [6, 6.07) is 0.204. The molecular weight excluding hydrogens is 232 g/mol. The molecule has 0 spiro atoms. The topological polar surface area (TPSA) is 87.5 Å². The van der Waals surface area contributed by atoms with E-state index >= 15 is 0 Å². The minimum Gasteiger partial charge on any atom is -0.368 e. The Labute approximate surface area is 107 Å². The number of nitrogens with zero attached hydrogens (tertiary/aromatic N) is 1. The van der Waals surface area contributed by atoms with Crippen LogP contribution in [0.25, 0.3) is 0 Å². The monoisotopic (exact) mass is 254 g/mol. The van der Waals surface area contributed by atoms with E-state index in [1.54, 1.807) is 4.90 Å². The van der Waals surface area contributed by atoms with Gasteiger partial charge < -0.3 is 21.3 Å². The molecule has 1 heterocycles. The van der Waals surface area contributed by atoms with Gasteiger partial charge in [0.1, 0.15) is 6.54 Å². The SMILES string of the molecule is NC(=O)CN(C(=O)NC1CCCC1)C1CCNC1. The van der Waals surface area contributed by atoms with Crippen molar-refractivity contribution >= 4 is 11.9 Å². The smallest absolute Gasteiger partial charge is 0.318 e. The van der Waals surface area contributed by atoms with Crippen LogP contribution in [-0.4, -0.2) is 48.6 Å². The number of hydrogen-bond donors (Lipinski definition) is 3. The van der Waals surface area contributed by atoms with E-state index < -0.39 is 5.91 Å². The van der Waals surface area contributed by atoms with Crippen LogP contribution >= 0.6 is 0 Å². The van der Waals surface area contributed by atoms with Gasteiger partial charge in [-0.25, -0.2) is 4.79 Å². The number of nitrogens with one attached hydrogen (secondary N) is 2. The zero-order valence-electron chi connectivity index (χ0n) is 10.7. The molecule has 2 rings (SSSR count). The Balaban J connectivity index is 1.93. The van der Waals surface area contributed by atoms with Crippen LogP contribution in [0, 0.1) is 0 Å². The summed E-state index contributed by atoms with van der Waals surface area (Å²) >= 11 is 0. The van der Waals surface area contributed by atoms with Crippen LogP contribution in [0.1, 0.15) is 32.1 Å². The average Bonchev–Trinajstić information content (AvgIpc) is 2.97. The van der Waals surface area contributed by atoms with E-state index in [1.165, 1.54) is 12.8 Å². The average molecular weight is 254 g/mol. The van der Waals surface area contributed by atoms with Crippen LogP contribution in [0.15, 0.2) is 0 Å². The lowest BCUT2D eigenvalue weighted by Gasteiger charge is -2.28. The van der Waals surface area contributed by atoms with E-state index in [0.29, 0.717) is 0 Å². The summed E-state index contributed by atoms with van der Waals surface area (Å²) in [6.45, 7) is 1.63. The van der Waals surface area contributed by atoms with Crippen molar-refractivity contribution in [1.29, 1.82) is 0 Å². The minimum atomic E-state index is -0.455. The Hall–Kier alpha value is -1.30. The first-order chi connectivity index (χ1) is 8.66. The predicted molar refractivity (Wildman–Crippen MR) is 68.0 cm³/mol. The summed E-state index contributed by atoms with van der Waals surface area (Å²) in [6.07, 6.45) is 5.31. The van der Waals surface area contributed by atoms with Crippen molar-refractivity contribution in [3.05, 3.63) is 0 Å². The minimum absolute atomic E-state index is 0.00486. The highest BCUT2D eigenvalue weighted by Gasteiger charge is 2.29. The summed E-state index contributed by atoms with van der Waals surface area (Å²) in [7, 11) is 0. The molecule has 102 valence electrons. The zero-order valence-corrected chi connectivity index (χ0v) is 10.7. The summed E-state index contributed by atoms with van der Waals surface area (Å²) in [5.74, 6) is -0.455. The van der Waals surface area contributed by atoms with Gasteiger partial charge in [0.05, 0.1) is 0 Å². The largest absolute Gasteiger partial charge is 0.368 e. The van der Waals surface area contributed by atoms with Crippen LogP contribution in [0.5, 0.6) is 0 Å². The van der Waals surface area contributed by atoms with E-state index in [9.17, 15) is 9.59 Å². The predicted octanol–water partition coefficient (Wildman–Crippen LogP) is -0.212. The molecule has 0 bridgehead atoms. The van der Waals surface area contributed by atoms with Gasteiger partial charge in [0.15, 0.2) is 0 Å². The van der Waals surface area contributed by atoms with Crippen molar-refractivity contribution in [2.75, 3.05) is 19.6 Å². The quantitative estimate of drug-likeness (QED) is 0.648. The van der Waals surface area contributed by atoms with Gasteiger partial charge in [-0.15, -0.1) is 0 Å². The standard InChI is InChI=1S/C12H22N4O2/c13-11(17)8-16(10-5-6-14-7-10)12(18)15-9-3-1-2-4-9/h9-10,14H,1-8H2,(H2,13,17)(H,15,18). The lowest BCUT2D eigenvalue weighted by Crippen LogP contribution is -2.52. The van der Waals surface area contributed by atoms with Crippen LogP contribution in [0.4, 0.5) is 4.79 Å². The Morgan fingerprint density at radius 2 is 2.00 bits per heavy atom. The Bertz CT molecular complexity index is 309. The molecule has 1 aliphatic heterocycles. The second kappa shape index (κ2) is 6.04. The molecule has 3 amide bonds. The van der Waals surface area contributed by atoms with Gasteiger partial charge in [-0.1, -0.05) is 12.8 Å². The molecule has 2 fully saturated rings. The van der Waals surface area contributed by atoms with Crippen LogP contribution in [0.3, 0.4) is 0 Å². The third kappa shape index (κ3) is 3.35. The van der Waals surface area contributed by atoms with E-state index in [2.05, 4.69) is 10.6 Å². The maximum Gasteiger partial charge on any atom is 0.318 e. The fourth-order valence-corrected chi connectivity index (χ4v) is 2.77. The number of rotatable bonds is 4. The second-order valence-electron chi connectivity index (χ2n) is 5.17. The molecule has 1 aliphatic carbocycles. The third-order valence-electron chi connectivity index (χ3n) is 3.74. The van der Waals surface area contributed by atoms with Crippen LogP contribution in [-0.2, 0) is 4.79 Å². The van der Waals surface area contributed by atoms with Gasteiger partial charge in [0, 0.05) is 18.6 Å².